The van der Waals surface area contributed by atoms with Crippen molar-refractivity contribution >= 4 is 6.03 Å². The first-order valence-corrected chi connectivity index (χ1v) is 7.39. The lowest BCUT2D eigenvalue weighted by molar-refractivity contribution is 0.147. The van der Waals surface area contributed by atoms with Gasteiger partial charge in [0.2, 0.25) is 0 Å². The summed E-state index contributed by atoms with van der Waals surface area (Å²) >= 11 is 0. The molecule has 1 rings (SSSR count). The van der Waals surface area contributed by atoms with Gasteiger partial charge in [-0.2, -0.15) is 0 Å². The van der Waals surface area contributed by atoms with Gasteiger partial charge in [0.05, 0.1) is 0 Å². The van der Waals surface area contributed by atoms with Crippen LogP contribution in [0.3, 0.4) is 0 Å². The van der Waals surface area contributed by atoms with Crippen LogP contribution in [0.1, 0.15) is 32.3 Å². The van der Waals surface area contributed by atoms with Crippen molar-refractivity contribution in [3.63, 3.8) is 0 Å². The number of carbonyl (C=O) groups is 1. The van der Waals surface area contributed by atoms with Crippen LogP contribution in [0.25, 0.3) is 0 Å². The predicted molar refractivity (Wildman–Crippen MR) is 81.3 cm³/mol. The van der Waals surface area contributed by atoms with Crippen molar-refractivity contribution in [2.75, 3.05) is 20.2 Å². The van der Waals surface area contributed by atoms with E-state index in [1.807, 2.05) is 13.8 Å². The molecule has 1 aromatic rings. The molecule has 0 atom stereocenters. The SMILES string of the molecule is CN(Cc1cc(F)c(F)c(F)c1)C(=O)NCCCC(C)(C)CO. The molecule has 0 aliphatic rings. The zero-order valence-electron chi connectivity index (χ0n) is 13.6. The molecule has 2 amide bonds. The second-order valence-electron chi connectivity index (χ2n) is 6.39. The summed E-state index contributed by atoms with van der Waals surface area (Å²) in [6.07, 6.45) is 1.45. The van der Waals surface area contributed by atoms with E-state index >= 15 is 0 Å². The normalized spacial score (nSPS) is 11.4. The van der Waals surface area contributed by atoms with Gasteiger partial charge in [0.1, 0.15) is 0 Å². The number of aliphatic hydroxyl groups is 1. The zero-order valence-corrected chi connectivity index (χ0v) is 13.6. The van der Waals surface area contributed by atoms with Gasteiger partial charge >= 0.3 is 6.03 Å². The maximum Gasteiger partial charge on any atom is 0.317 e. The van der Waals surface area contributed by atoms with E-state index in [1.54, 1.807) is 0 Å². The van der Waals surface area contributed by atoms with Crippen molar-refractivity contribution in [2.45, 2.75) is 33.2 Å². The monoisotopic (exact) mass is 332 g/mol. The molecular weight excluding hydrogens is 309 g/mol. The van der Waals surface area contributed by atoms with Crippen LogP contribution < -0.4 is 5.32 Å². The number of halogens is 3. The summed E-state index contributed by atoms with van der Waals surface area (Å²) in [4.78, 5) is 13.1. The average Bonchev–Trinajstić information content (AvgIpc) is 2.48. The second kappa shape index (κ2) is 8.19. The van der Waals surface area contributed by atoms with E-state index in [1.165, 1.54) is 11.9 Å². The highest BCUT2D eigenvalue weighted by atomic mass is 19.2. The highest BCUT2D eigenvalue weighted by molar-refractivity contribution is 5.73. The predicted octanol–water partition coefficient (Wildman–Crippen LogP) is 3.04. The first-order chi connectivity index (χ1) is 10.7. The molecular formula is C16H23F3N2O2. The topological polar surface area (TPSA) is 52.6 Å². The van der Waals surface area contributed by atoms with Crippen LogP contribution in [0.5, 0.6) is 0 Å². The van der Waals surface area contributed by atoms with Crippen molar-refractivity contribution in [2.24, 2.45) is 5.41 Å². The van der Waals surface area contributed by atoms with E-state index < -0.39 is 23.5 Å². The van der Waals surface area contributed by atoms with Gasteiger partial charge in [-0.05, 0) is 36.0 Å². The van der Waals surface area contributed by atoms with Crippen LogP contribution in [0.2, 0.25) is 0 Å². The van der Waals surface area contributed by atoms with Gasteiger partial charge in [0.25, 0.3) is 0 Å². The summed E-state index contributed by atoms with van der Waals surface area (Å²) in [5.41, 5.74) is -0.0276. The summed E-state index contributed by atoms with van der Waals surface area (Å²) < 4.78 is 39.1. The molecule has 0 aromatic heterocycles. The first-order valence-electron chi connectivity index (χ1n) is 7.39. The number of hydrogen-bond donors (Lipinski definition) is 2. The molecule has 0 heterocycles. The van der Waals surface area contributed by atoms with Crippen molar-refractivity contribution in [3.8, 4) is 0 Å². The second-order valence-corrected chi connectivity index (χ2v) is 6.39. The van der Waals surface area contributed by atoms with Crippen molar-refractivity contribution < 1.29 is 23.1 Å². The standard InChI is InChI=1S/C16H23F3N2O2/c1-16(2,10-22)5-4-6-20-15(23)21(3)9-11-7-12(17)14(19)13(18)8-11/h7-8,22H,4-6,9-10H2,1-3H3,(H,20,23). The maximum atomic E-state index is 13.1. The molecule has 0 radical (unpaired) electrons. The molecule has 0 saturated heterocycles. The first kappa shape index (κ1) is 19.3. The van der Waals surface area contributed by atoms with Crippen molar-refractivity contribution in [3.05, 3.63) is 35.1 Å². The number of urea groups is 1. The summed E-state index contributed by atoms with van der Waals surface area (Å²) in [7, 11) is 1.48. The molecule has 130 valence electrons. The molecule has 0 saturated carbocycles. The lowest BCUT2D eigenvalue weighted by Gasteiger charge is -2.22. The Balaban J connectivity index is 2.46. The summed E-state index contributed by atoms with van der Waals surface area (Å²) in [5, 5.41) is 11.8. The minimum atomic E-state index is -1.52. The molecule has 7 heteroatoms. The molecule has 2 N–H and O–H groups in total. The molecule has 4 nitrogen and oxygen atoms in total. The number of hydrogen-bond acceptors (Lipinski definition) is 2. The van der Waals surface area contributed by atoms with E-state index in [4.69, 9.17) is 5.11 Å². The number of rotatable bonds is 7. The molecule has 23 heavy (non-hydrogen) atoms. The zero-order chi connectivity index (χ0) is 17.6. The Morgan fingerprint density at radius 1 is 1.26 bits per heavy atom. The molecule has 0 unspecified atom stereocenters. The van der Waals surface area contributed by atoms with Gasteiger partial charge in [0.15, 0.2) is 17.5 Å². The van der Waals surface area contributed by atoms with Crippen LogP contribution in [-0.2, 0) is 6.54 Å². The van der Waals surface area contributed by atoms with E-state index in [2.05, 4.69) is 5.32 Å². The van der Waals surface area contributed by atoms with Crippen LogP contribution in [0.15, 0.2) is 12.1 Å². The molecule has 1 aromatic carbocycles. The lowest BCUT2D eigenvalue weighted by atomic mass is 9.89. The van der Waals surface area contributed by atoms with Crippen LogP contribution >= 0.6 is 0 Å². The Bertz CT molecular complexity index is 527. The Kier molecular flexibility index (Phi) is 6.87. The lowest BCUT2D eigenvalue weighted by Crippen LogP contribution is -2.37. The van der Waals surface area contributed by atoms with Crippen LogP contribution in [-0.4, -0.2) is 36.2 Å². The summed E-state index contributed by atoms with van der Waals surface area (Å²) in [5.74, 6) is -4.08. The van der Waals surface area contributed by atoms with Gasteiger partial charge in [0, 0.05) is 26.7 Å². The number of amides is 2. The highest BCUT2D eigenvalue weighted by Crippen LogP contribution is 2.20. The van der Waals surface area contributed by atoms with Gasteiger partial charge < -0.3 is 15.3 Å². The highest BCUT2D eigenvalue weighted by Gasteiger charge is 2.17. The van der Waals surface area contributed by atoms with Crippen LogP contribution in [0.4, 0.5) is 18.0 Å². The van der Waals surface area contributed by atoms with Crippen LogP contribution in [0, 0.1) is 22.9 Å². The Morgan fingerprint density at radius 3 is 2.35 bits per heavy atom. The van der Waals surface area contributed by atoms with Gasteiger partial charge in [-0.3, -0.25) is 0 Å². The molecule has 0 fully saturated rings. The van der Waals surface area contributed by atoms with Gasteiger partial charge in [-0.25, -0.2) is 18.0 Å². The summed E-state index contributed by atoms with van der Waals surface area (Å²) in [6, 6.07) is 1.34. The third kappa shape index (κ3) is 6.09. The van der Waals surface area contributed by atoms with Gasteiger partial charge in [-0.15, -0.1) is 0 Å². The molecule has 0 aliphatic carbocycles. The van der Waals surface area contributed by atoms with Crippen molar-refractivity contribution in [1.82, 2.24) is 10.2 Å². The molecule has 0 bridgehead atoms. The van der Waals surface area contributed by atoms with E-state index in [-0.39, 0.29) is 24.1 Å². The maximum absolute atomic E-state index is 13.1. The summed E-state index contributed by atoms with van der Waals surface area (Å²) in [6.45, 7) is 4.32. The fraction of sp³-hybridized carbons (Fsp3) is 0.562. The third-order valence-corrected chi connectivity index (χ3v) is 3.54. The van der Waals surface area contributed by atoms with E-state index in [9.17, 15) is 18.0 Å². The number of benzene rings is 1. The third-order valence-electron chi connectivity index (χ3n) is 3.54. The fourth-order valence-electron chi connectivity index (χ4n) is 2.02. The van der Waals surface area contributed by atoms with E-state index in [0.29, 0.717) is 13.0 Å². The number of nitrogens with zero attached hydrogens (tertiary/aromatic N) is 1. The quantitative estimate of drug-likeness (QED) is 0.596. The molecule has 0 spiro atoms. The van der Waals surface area contributed by atoms with Gasteiger partial charge in [-0.1, -0.05) is 13.8 Å². The average molecular weight is 332 g/mol. The number of nitrogens with one attached hydrogen (secondary N) is 1. The molecule has 0 aliphatic heterocycles. The van der Waals surface area contributed by atoms with Crippen molar-refractivity contribution in [1.29, 1.82) is 0 Å². The Labute approximate surface area is 134 Å². The Hall–Kier alpha value is -1.76. The number of aliphatic hydroxyl groups excluding tert-OH is 1. The minimum Gasteiger partial charge on any atom is -0.396 e. The van der Waals surface area contributed by atoms with E-state index in [0.717, 1.165) is 18.6 Å². The Morgan fingerprint density at radius 2 is 1.83 bits per heavy atom. The largest absolute Gasteiger partial charge is 0.396 e. The number of carbonyl (C=O) groups excluding carboxylic acids is 1. The fourth-order valence-corrected chi connectivity index (χ4v) is 2.02. The smallest absolute Gasteiger partial charge is 0.317 e. The minimum absolute atomic E-state index is 0.0396.